The van der Waals surface area contributed by atoms with Crippen LogP contribution in [0.3, 0.4) is 0 Å². The molecule has 0 aliphatic heterocycles. The van der Waals surface area contributed by atoms with Crippen LogP contribution in [0.25, 0.3) is 0 Å². The SMILES string of the molecule is N#CC1(NC(=O)C[NH2+]C23CC4CC(CC(C4)C2)C3)CCCC1. The molecule has 0 aromatic carbocycles. The second-order valence-corrected chi connectivity index (χ2v) is 8.64. The highest BCUT2D eigenvalue weighted by molar-refractivity contribution is 5.78. The molecule has 0 aromatic heterocycles. The van der Waals surface area contributed by atoms with Crippen molar-refractivity contribution >= 4 is 5.91 Å². The third kappa shape index (κ3) is 2.54. The van der Waals surface area contributed by atoms with Crippen molar-refractivity contribution in [3.63, 3.8) is 0 Å². The summed E-state index contributed by atoms with van der Waals surface area (Å²) in [5.41, 5.74) is -0.214. The molecular formula is C18H28N3O+. The maximum atomic E-state index is 12.4. The number of nitriles is 1. The number of carbonyl (C=O) groups excluding carboxylic acids is 1. The fourth-order valence-electron chi connectivity index (χ4n) is 6.30. The van der Waals surface area contributed by atoms with Crippen LogP contribution in [-0.4, -0.2) is 23.5 Å². The summed E-state index contributed by atoms with van der Waals surface area (Å²) >= 11 is 0. The van der Waals surface area contributed by atoms with Gasteiger partial charge >= 0.3 is 0 Å². The van der Waals surface area contributed by atoms with Gasteiger partial charge in [-0.1, -0.05) is 0 Å². The van der Waals surface area contributed by atoms with Crippen molar-refractivity contribution in [2.24, 2.45) is 17.8 Å². The number of carbonyl (C=O) groups is 1. The van der Waals surface area contributed by atoms with Gasteiger partial charge in [0.15, 0.2) is 6.54 Å². The Labute approximate surface area is 133 Å². The molecule has 0 radical (unpaired) electrons. The number of rotatable bonds is 4. The predicted octanol–water partition coefficient (Wildman–Crippen LogP) is 1.47. The smallest absolute Gasteiger partial charge is 0.276 e. The molecule has 5 saturated carbocycles. The lowest BCUT2D eigenvalue weighted by Crippen LogP contribution is -3.00. The highest BCUT2D eigenvalue weighted by Gasteiger charge is 2.53. The topological polar surface area (TPSA) is 69.5 Å². The average molecular weight is 302 g/mol. The van der Waals surface area contributed by atoms with Crippen molar-refractivity contribution in [3.05, 3.63) is 0 Å². The van der Waals surface area contributed by atoms with Gasteiger partial charge in [0.05, 0.1) is 11.6 Å². The monoisotopic (exact) mass is 302 g/mol. The summed E-state index contributed by atoms with van der Waals surface area (Å²) < 4.78 is 0. The molecule has 120 valence electrons. The summed E-state index contributed by atoms with van der Waals surface area (Å²) in [6.45, 7) is 0.510. The maximum absolute atomic E-state index is 12.4. The molecular weight excluding hydrogens is 274 g/mol. The van der Waals surface area contributed by atoms with Gasteiger partial charge < -0.3 is 10.6 Å². The molecule has 3 N–H and O–H groups in total. The number of hydrogen-bond donors (Lipinski definition) is 2. The zero-order valence-electron chi connectivity index (χ0n) is 13.4. The zero-order chi connectivity index (χ0) is 15.2. The second kappa shape index (κ2) is 5.23. The quantitative estimate of drug-likeness (QED) is 0.825. The minimum absolute atomic E-state index is 0.0687. The molecule has 0 unspecified atom stereocenters. The predicted molar refractivity (Wildman–Crippen MR) is 82.7 cm³/mol. The van der Waals surface area contributed by atoms with Crippen LogP contribution < -0.4 is 10.6 Å². The van der Waals surface area contributed by atoms with Gasteiger partial charge in [0.25, 0.3) is 5.91 Å². The molecule has 4 bridgehead atoms. The van der Waals surface area contributed by atoms with E-state index in [4.69, 9.17) is 0 Å². The van der Waals surface area contributed by atoms with Crippen LogP contribution in [0.5, 0.6) is 0 Å². The zero-order valence-corrected chi connectivity index (χ0v) is 13.4. The molecule has 0 atom stereocenters. The van der Waals surface area contributed by atoms with E-state index in [0.717, 1.165) is 43.4 Å². The minimum Gasteiger partial charge on any atom is -0.334 e. The Kier molecular flexibility index (Phi) is 3.45. The van der Waals surface area contributed by atoms with E-state index in [9.17, 15) is 10.1 Å². The largest absolute Gasteiger partial charge is 0.334 e. The van der Waals surface area contributed by atoms with Crippen molar-refractivity contribution in [2.75, 3.05) is 6.54 Å². The van der Waals surface area contributed by atoms with Gasteiger partial charge in [0.2, 0.25) is 0 Å². The van der Waals surface area contributed by atoms with Crippen LogP contribution in [0.4, 0.5) is 0 Å². The standard InChI is InChI=1S/C18H27N3O/c19-12-17(3-1-2-4-17)21-16(22)11-20-18-8-13-5-14(9-18)7-15(6-13)10-18/h13-15,20H,1-11H2,(H,21,22)/p+1. The van der Waals surface area contributed by atoms with E-state index < -0.39 is 5.54 Å². The first kappa shape index (κ1) is 14.5. The van der Waals surface area contributed by atoms with E-state index in [1.807, 2.05) is 0 Å². The Morgan fingerprint density at radius 1 is 1.09 bits per heavy atom. The van der Waals surface area contributed by atoms with Gasteiger partial charge in [-0.25, -0.2) is 0 Å². The van der Waals surface area contributed by atoms with E-state index in [2.05, 4.69) is 16.7 Å². The number of hydrogen-bond acceptors (Lipinski definition) is 2. The lowest BCUT2D eigenvalue weighted by Gasteiger charge is -2.54. The summed E-state index contributed by atoms with van der Waals surface area (Å²) in [6, 6.07) is 2.36. The molecule has 4 heteroatoms. The number of quaternary nitrogens is 1. The lowest BCUT2D eigenvalue weighted by molar-refractivity contribution is -0.730. The van der Waals surface area contributed by atoms with Crippen LogP contribution in [-0.2, 0) is 4.79 Å². The summed E-state index contributed by atoms with van der Waals surface area (Å²) in [6.07, 6.45) is 12.0. The van der Waals surface area contributed by atoms with Crippen LogP contribution in [0, 0.1) is 29.1 Å². The van der Waals surface area contributed by atoms with E-state index in [0.29, 0.717) is 12.1 Å². The number of nitrogens with one attached hydrogen (secondary N) is 1. The van der Waals surface area contributed by atoms with Crippen LogP contribution in [0.15, 0.2) is 0 Å². The second-order valence-electron chi connectivity index (χ2n) is 8.64. The fourth-order valence-corrected chi connectivity index (χ4v) is 6.30. The number of nitrogens with two attached hydrogens (primary N) is 1. The maximum Gasteiger partial charge on any atom is 0.276 e. The van der Waals surface area contributed by atoms with Crippen molar-refractivity contribution in [1.29, 1.82) is 5.26 Å². The first-order valence-corrected chi connectivity index (χ1v) is 9.17. The Morgan fingerprint density at radius 3 is 2.14 bits per heavy atom. The van der Waals surface area contributed by atoms with Gasteiger partial charge in [0, 0.05) is 19.3 Å². The van der Waals surface area contributed by atoms with Gasteiger partial charge in [0.1, 0.15) is 5.54 Å². The Bertz CT molecular complexity index is 466. The molecule has 0 heterocycles. The molecule has 0 spiro atoms. The third-order valence-electron chi connectivity index (χ3n) is 6.86. The Balaban J connectivity index is 1.35. The molecule has 5 fully saturated rings. The van der Waals surface area contributed by atoms with Gasteiger partial charge in [-0.2, -0.15) is 5.26 Å². The van der Waals surface area contributed by atoms with Crippen LogP contribution in [0.2, 0.25) is 0 Å². The Hall–Kier alpha value is -1.08. The first-order chi connectivity index (χ1) is 10.6. The molecule has 5 aliphatic rings. The van der Waals surface area contributed by atoms with Crippen LogP contribution in [0.1, 0.15) is 64.2 Å². The number of amides is 1. The van der Waals surface area contributed by atoms with E-state index >= 15 is 0 Å². The molecule has 0 saturated heterocycles. The summed E-state index contributed by atoms with van der Waals surface area (Å²) in [5, 5.41) is 14.8. The highest BCUT2D eigenvalue weighted by atomic mass is 16.2. The third-order valence-corrected chi connectivity index (χ3v) is 6.86. The molecule has 5 rings (SSSR count). The van der Waals surface area contributed by atoms with Gasteiger partial charge in [-0.3, -0.25) is 4.79 Å². The molecule has 5 aliphatic carbocycles. The fraction of sp³-hybridized carbons (Fsp3) is 0.889. The summed E-state index contributed by atoms with van der Waals surface area (Å²) in [4.78, 5) is 12.4. The van der Waals surface area contributed by atoms with E-state index in [1.54, 1.807) is 0 Å². The lowest BCUT2D eigenvalue weighted by atomic mass is 9.53. The van der Waals surface area contributed by atoms with Gasteiger partial charge in [-0.15, -0.1) is 0 Å². The van der Waals surface area contributed by atoms with Crippen molar-refractivity contribution in [1.82, 2.24) is 5.32 Å². The molecule has 1 amide bonds. The normalized spacial score (nSPS) is 41.3. The Morgan fingerprint density at radius 2 is 1.64 bits per heavy atom. The molecule has 0 aromatic rings. The average Bonchev–Trinajstić information content (AvgIpc) is 2.93. The van der Waals surface area contributed by atoms with Crippen LogP contribution >= 0.6 is 0 Å². The minimum atomic E-state index is -0.563. The van der Waals surface area contributed by atoms with Crippen molar-refractivity contribution in [2.45, 2.75) is 75.3 Å². The molecule has 4 nitrogen and oxygen atoms in total. The number of nitrogens with zero attached hydrogens (tertiary/aromatic N) is 1. The molecule has 22 heavy (non-hydrogen) atoms. The summed E-state index contributed by atoms with van der Waals surface area (Å²) in [5.74, 6) is 2.83. The van der Waals surface area contributed by atoms with E-state index in [1.165, 1.54) is 38.5 Å². The van der Waals surface area contributed by atoms with Gasteiger partial charge in [-0.05, 0) is 62.7 Å². The van der Waals surface area contributed by atoms with Crippen molar-refractivity contribution in [3.8, 4) is 6.07 Å². The summed E-state index contributed by atoms with van der Waals surface area (Å²) in [7, 11) is 0. The van der Waals surface area contributed by atoms with Crippen molar-refractivity contribution < 1.29 is 10.1 Å². The van der Waals surface area contributed by atoms with E-state index in [-0.39, 0.29) is 5.91 Å². The highest BCUT2D eigenvalue weighted by Crippen LogP contribution is 2.54. The first-order valence-electron chi connectivity index (χ1n) is 9.17.